The number of amides is 1. The summed E-state index contributed by atoms with van der Waals surface area (Å²) in [4.78, 5) is 14.3. The summed E-state index contributed by atoms with van der Waals surface area (Å²) in [6.45, 7) is 3.30. The molecule has 3 rings (SSSR count). The molecule has 2 aliphatic heterocycles. The SMILES string of the molecule is O=C(CN1CC2CCCNC2C1)Nc1ccc(F)cc1Cl. The van der Waals surface area contributed by atoms with E-state index in [2.05, 4.69) is 15.5 Å². The number of nitrogens with one attached hydrogen (secondary N) is 2. The zero-order chi connectivity index (χ0) is 14.8. The molecule has 2 saturated heterocycles. The molecule has 1 amide bonds. The minimum atomic E-state index is -0.410. The lowest BCUT2D eigenvalue weighted by Gasteiger charge is -2.24. The molecule has 1 aromatic rings. The first-order chi connectivity index (χ1) is 10.1. The number of carbonyl (C=O) groups is 1. The highest BCUT2D eigenvalue weighted by Crippen LogP contribution is 2.25. The number of hydrogen-bond donors (Lipinski definition) is 2. The average molecular weight is 312 g/mol. The Balaban J connectivity index is 1.55. The van der Waals surface area contributed by atoms with Crippen molar-refractivity contribution in [1.29, 1.82) is 0 Å². The Bertz CT molecular complexity index is 526. The van der Waals surface area contributed by atoms with Crippen LogP contribution in [0.25, 0.3) is 0 Å². The van der Waals surface area contributed by atoms with Crippen molar-refractivity contribution in [3.8, 4) is 0 Å². The number of halogens is 2. The number of benzene rings is 1. The molecule has 2 heterocycles. The van der Waals surface area contributed by atoms with E-state index in [4.69, 9.17) is 11.6 Å². The molecule has 0 aliphatic carbocycles. The molecule has 4 nitrogen and oxygen atoms in total. The van der Waals surface area contributed by atoms with Gasteiger partial charge in [-0.1, -0.05) is 11.6 Å². The molecule has 6 heteroatoms. The molecule has 2 atom stereocenters. The van der Waals surface area contributed by atoms with E-state index in [0.717, 1.165) is 19.6 Å². The molecule has 1 aromatic carbocycles. The maximum absolute atomic E-state index is 13.0. The Morgan fingerprint density at radius 2 is 2.33 bits per heavy atom. The summed E-state index contributed by atoms with van der Waals surface area (Å²) < 4.78 is 13.0. The monoisotopic (exact) mass is 311 g/mol. The van der Waals surface area contributed by atoms with Crippen LogP contribution >= 0.6 is 11.6 Å². The standard InChI is InChI=1S/C15H19ClFN3O/c16-12-6-11(17)3-4-13(12)19-15(21)9-20-7-10-2-1-5-18-14(10)8-20/h3-4,6,10,14,18H,1-2,5,7-9H2,(H,19,21). The molecule has 0 radical (unpaired) electrons. The van der Waals surface area contributed by atoms with Gasteiger partial charge in [0, 0.05) is 19.1 Å². The first kappa shape index (κ1) is 14.8. The molecule has 2 fully saturated rings. The second-order valence-electron chi connectivity index (χ2n) is 5.83. The van der Waals surface area contributed by atoms with E-state index in [9.17, 15) is 9.18 Å². The lowest BCUT2D eigenvalue weighted by molar-refractivity contribution is -0.117. The maximum Gasteiger partial charge on any atom is 0.238 e. The predicted molar refractivity (Wildman–Crippen MR) is 81.0 cm³/mol. The third-order valence-corrected chi connectivity index (χ3v) is 4.56. The van der Waals surface area contributed by atoms with Gasteiger partial charge in [0.2, 0.25) is 5.91 Å². The molecule has 0 bridgehead atoms. The normalized spacial score (nSPS) is 25.6. The van der Waals surface area contributed by atoms with Crippen molar-refractivity contribution in [2.24, 2.45) is 5.92 Å². The van der Waals surface area contributed by atoms with Gasteiger partial charge in [0.15, 0.2) is 0 Å². The minimum absolute atomic E-state index is 0.109. The Labute approximate surface area is 128 Å². The number of nitrogens with zero attached hydrogens (tertiary/aromatic N) is 1. The fraction of sp³-hybridized carbons (Fsp3) is 0.533. The van der Waals surface area contributed by atoms with Crippen LogP contribution in [0.1, 0.15) is 12.8 Å². The number of fused-ring (bicyclic) bond motifs is 1. The first-order valence-corrected chi connectivity index (χ1v) is 7.70. The van der Waals surface area contributed by atoms with E-state index in [1.165, 1.54) is 31.0 Å². The molecule has 2 aliphatic rings. The fourth-order valence-corrected chi connectivity index (χ4v) is 3.46. The Kier molecular flexibility index (Phi) is 4.42. The highest BCUT2D eigenvalue weighted by molar-refractivity contribution is 6.33. The molecule has 2 unspecified atom stereocenters. The summed E-state index contributed by atoms with van der Waals surface area (Å²) in [6.07, 6.45) is 2.45. The van der Waals surface area contributed by atoms with Gasteiger partial charge in [0.25, 0.3) is 0 Å². The van der Waals surface area contributed by atoms with Crippen LogP contribution in [0.2, 0.25) is 5.02 Å². The number of hydrogen-bond acceptors (Lipinski definition) is 3. The molecule has 2 N–H and O–H groups in total. The van der Waals surface area contributed by atoms with Crippen molar-refractivity contribution in [1.82, 2.24) is 10.2 Å². The second kappa shape index (κ2) is 6.30. The molecule has 114 valence electrons. The van der Waals surface area contributed by atoms with E-state index < -0.39 is 5.82 Å². The zero-order valence-corrected chi connectivity index (χ0v) is 12.5. The van der Waals surface area contributed by atoms with Crippen molar-refractivity contribution >= 4 is 23.2 Å². The topological polar surface area (TPSA) is 44.4 Å². The summed E-state index contributed by atoms with van der Waals surface area (Å²) in [6, 6.07) is 4.49. The van der Waals surface area contributed by atoms with Crippen LogP contribution in [-0.4, -0.2) is 43.0 Å². The van der Waals surface area contributed by atoms with E-state index in [1.54, 1.807) is 0 Å². The lowest BCUT2D eigenvalue weighted by atomic mass is 9.94. The quantitative estimate of drug-likeness (QED) is 0.898. The summed E-state index contributed by atoms with van der Waals surface area (Å²) in [5.41, 5.74) is 0.456. The van der Waals surface area contributed by atoms with Crippen LogP contribution in [0.3, 0.4) is 0 Å². The minimum Gasteiger partial charge on any atom is -0.324 e. The van der Waals surface area contributed by atoms with Crippen molar-refractivity contribution in [2.45, 2.75) is 18.9 Å². The number of rotatable bonds is 3. The van der Waals surface area contributed by atoms with E-state index in [-0.39, 0.29) is 10.9 Å². The lowest BCUT2D eigenvalue weighted by Crippen LogP contribution is -2.41. The average Bonchev–Trinajstić information content (AvgIpc) is 2.84. The van der Waals surface area contributed by atoms with Gasteiger partial charge in [-0.3, -0.25) is 9.69 Å². The van der Waals surface area contributed by atoms with Crippen molar-refractivity contribution < 1.29 is 9.18 Å². The van der Waals surface area contributed by atoms with Crippen LogP contribution in [-0.2, 0) is 4.79 Å². The van der Waals surface area contributed by atoms with Gasteiger partial charge in [-0.15, -0.1) is 0 Å². The Morgan fingerprint density at radius 1 is 1.48 bits per heavy atom. The van der Waals surface area contributed by atoms with Crippen molar-refractivity contribution in [3.05, 3.63) is 29.0 Å². The van der Waals surface area contributed by atoms with Gasteiger partial charge >= 0.3 is 0 Å². The summed E-state index contributed by atoms with van der Waals surface area (Å²) in [5, 5.41) is 6.48. The fourth-order valence-electron chi connectivity index (χ4n) is 3.25. The van der Waals surface area contributed by atoms with Crippen LogP contribution in [0.4, 0.5) is 10.1 Å². The number of carbonyl (C=O) groups excluding carboxylic acids is 1. The smallest absolute Gasteiger partial charge is 0.238 e. The zero-order valence-electron chi connectivity index (χ0n) is 11.7. The summed E-state index contributed by atoms with van der Waals surface area (Å²) >= 11 is 5.91. The van der Waals surface area contributed by atoms with E-state index >= 15 is 0 Å². The number of anilines is 1. The van der Waals surface area contributed by atoms with Gasteiger partial charge in [0.05, 0.1) is 17.3 Å². The summed E-state index contributed by atoms with van der Waals surface area (Å²) in [5.74, 6) is 0.135. The third-order valence-electron chi connectivity index (χ3n) is 4.25. The third kappa shape index (κ3) is 3.54. The summed E-state index contributed by atoms with van der Waals surface area (Å²) in [7, 11) is 0. The van der Waals surface area contributed by atoms with Crippen LogP contribution in [0.5, 0.6) is 0 Å². The highest BCUT2D eigenvalue weighted by atomic mass is 35.5. The van der Waals surface area contributed by atoms with Crippen LogP contribution in [0, 0.1) is 11.7 Å². The van der Waals surface area contributed by atoms with E-state index in [0.29, 0.717) is 24.2 Å². The van der Waals surface area contributed by atoms with Gasteiger partial charge in [0.1, 0.15) is 5.82 Å². The Hall–Kier alpha value is -1.17. The molecular formula is C15H19ClFN3O. The van der Waals surface area contributed by atoms with Crippen LogP contribution in [0.15, 0.2) is 18.2 Å². The van der Waals surface area contributed by atoms with Gasteiger partial charge in [-0.2, -0.15) is 0 Å². The predicted octanol–water partition coefficient (Wildman–Crippen LogP) is 2.10. The molecule has 0 spiro atoms. The second-order valence-corrected chi connectivity index (χ2v) is 6.24. The number of piperidine rings is 1. The van der Waals surface area contributed by atoms with Crippen molar-refractivity contribution in [2.75, 3.05) is 31.5 Å². The van der Waals surface area contributed by atoms with Crippen molar-refractivity contribution in [3.63, 3.8) is 0 Å². The van der Waals surface area contributed by atoms with Crippen LogP contribution < -0.4 is 10.6 Å². The number of likely N-dealkylation sites (tertiary alicyclic amines) is 1. The van der Waals surface area contributed by atoms with E-state index in [1.807, 2.05) is 0 Å². The first-order valence-electron chi connectivity index (χ1n) is 7.32. The highest BCUT2D eigenvalue weighted by Gasteiger charge is 2.34. The maximum atomic E-state index is 13.0. The van der Waals surface area contributed by atoms with Gasteiger partial charge in [-0.05, 0) is 43.5 Å². The largest absolute Gasteiger partial charge is 0.324 e. The van der Waals surface area contributed by atoms with Gasteiger partial charge in [-0.25, -0.2) is 4.39 Å². The molecule has 0 saturated carbocycles. The molecule has 21 heavy (non-hydrogen) atoms. The van der Waals surface area contributed by atoms with Gasteiger partial charge < -0.3 is 10.6 Å². The molecule has 0 aromatic heterocycles. The molecular weight excluding hydrogens is 293 g/mol. The Morgan fingerprint density at radius 3 is 3.10 bits per heavy atom.